The van der Waals surface area contributed by atoms with Crippen LogP contribution in [0.3, 0.4) is 0 Å². The van der Waals surface area contributed by atoms with Gasteiger partial charge in [-0.15, -0.1) is 0 Å². The molecule has 0 bridgehead atoms. The quantitative estimate of drug-likeness (QED) is 0.724. The van der Waals surface area contributed by atoms with Crippen LogP contribution in [0.15, 0.2) is 12.4 Å². The van der Waals surface area contributed by atoms with Gasteiger partial charge < -0.3 is 10.2 Å². The summed E-state index contributed by atoms with van der Waals surface area (Å²) in [5.41, 5.74) is 1.33. The lowest BCUT2D eigenvalue weighted by atomic mass is 10.1. The molecule has 4 nitrogen and oxygen atoms in total. The molecule has 0 amide bonds. The molecule has 14 heavy (non-hydrogen) atoms. The first-order chi connectivity index (χ1) is 6.75. The summed E-state index contributed by atoms with van der Waals surface area (Å²) in [6, 6.07) is 0.742. The van der Waals surface area contributed by atoms with Crippen molar-refractivity contribution in [3.63, 3.8) is 0 Å². The SMILES string of the molecule is CN(CCc1cnn(C)c1)C1CNC1. The van der Waals surface area contributed by atoms with Gasteiger partial charge in [0.2, 0.25) is 0 Å². The molecule has 0 radical (unpaired) electrons. The van der Waals surface area contributed by atoms with Crippen molar-refractivity contribution in [2.24, 2.45) is 7.05 Å². The van der Waals surface area contributed by atoms with Crippen molar-refractivity contribution < 1.29 is 0 Å². The molecule has 1 aromatic heterocycles. The van der Waals surface area contributed by atoms with Gasteiger partial charge in [0.15, 0.2) is 0 Å². The number of hydrogen-bond acceptors (Lipinski definition) is 3. The molecule has 0 atom stereocenters. The highest BCUT2D eigenvalue weighted by Gasteiger charge is 2.20. The third kappa shape index (κ3) is 2.13. The Morgan fingerprint density at radius 2 is 2.43 bits per heavy atom. The van der Waals surface area contributed by atoms with E-state index < -0.39 is 0 Å². The molecule has 2 rings (SSSR count). The zero-order valence-corrected chi connectivity index (χ0v) is 8.90. The normalized spacial score (nSPS) is 17.4. The summed E-state index contributed by atoms with van der Waals surface area (Å²) in [6.45, 7) is 3.41. The maximum absolute atomic E-state index is 4.16. The predicted molar refractivity (Wildman–Crippen MR) is 56.2 cm³/mol. The van der Waals surface area contributed by atoms with Gasteiger partial charge in [-0.05, 0) is 19.0 Å². The number of aryl methyl sites for hydroxylation is 1. The van der Waals surface area contributed by atoms with Gasteiger partial charge in [0.1, 0.15) is 0 Å². The highest BCUT2D eigenvalue weighted by Crippen LogP contribution is 2.04. The van der Waals surface area contributed by atoms with Crippen molar-refractivity contribution in [1.29, 1.82) is 0 Å². The molecule has 1 aliphatic heterocycles. The van der Waals surface area contributed by atoms with E-state index in [9.17, 15) is 0 Å². The number of hydrogen-bond donors (Lipinski definition) is 1. The Morgan fingerprint density at radius 1 is 1.64 bits per heavy atom. The summed E-state index contributed by atoms with van der Waals surface area (Å²) in [6.07, 6.45) is 5.14. The Labute approximate surface area is 84.9 Å². The number of rotatable bonds is 4. The molecular formula is C10H18N4. The number of aromatic nitrogens is 2. The number of likely N-dealkylation sites (N-methyl/N-ethyl adjacent to an activating group) is 1. The summed E-state index contributed by atoms with van der Waals surface area (Å²) in [4.78, 5) is 2.42. The zero-order valence-electron chi connectivity index (χ0n) is 8.90. The van der Waals surface area contributed by atoms with Crippen LogP contribution in [0.25, 0.3) is 0 Å². The van der Waals surface area contributed by atoms with E-state index in [1.165, 1.54) is 5.56 Å². The molecule has 0 aliphatic carbocycles. The lowest BCUT2D eigenvalue weighted by Crippen LogP contribution is -2.56. The van der Waals surface area contributed by atoms with Crippen molar-refractivity contribution in [1.82, 2.24) is 20.0 Å². The first-order valence-electron chi connectivity index (χ1n) is 5.14. The zero-order chi connectivity index (χ0) is 9.97. The molecule has 0 saturated carbocycles. The Kier molecular flexibility index (Phi) is 2.84. The van der Waals surface area contributed by atoms with Crippen LogP contribution in [0.1, 0.15) is 5.56 Å². The molecule has 4 heteroatoms. The number of nitrogens with zero attached hydrogens (tertiary/aromatic N) is 3. The summed E-state index contributed by atoms with van der Waals surface area (Å²) < 4.78 is 1.86. The van der Waals surface area contributed by atoms with Crippen LogP contribution in [-0.4, -0.2) is 47.4 Å². The lowest BCUT2D eigenvalue weighted by Gasteiger charge is -2.35. The molecule has 0 spiro atoms. The number of nitrogens with one attached hydrogen (secondary N) is 1. The lowest BCUT2D eigenvalue weighted by molar-refractivity contribution is 0.182. The minimum absolute atomic E-state index is 0.742. The smallest absolute Gasteiger partial charge is 0.0522 e. The van der Waals surface area contributed by atoms with Gasteiger partial charge >= 0.3 is 0 Å². The third-order valence-corrected chi connectivity index (χ3v) is 2.89. The maximum Gasteiger partial charge on any atom is 0.0522 e. The van der Waals surface area contributed by atoms with Crippen molar-refractivity contribution in [2.45, 2.75) is 12.5 Å². The van der Waals surface area contributed by atoms with Crippen molar-refractivity contribution in [3.05, 3.63) is 18.0 Å². The Balaban J connectivity index is 1.76. The second-order valence-electron chi connectivity index (χ2n) is 4.06. The van der Waals surface area contributed by atoms with Crippen LogP contribution in [-0.2, 0) is 13.5 Å². The van der Waals surface area contributed by atoms with E-state index in [1.54, 1.807) is 0 Å². The van der Waals surface area contributed by atoms with Gasteiger partial charge in [0.25, 0.3) is 0 Å². The third-order valence-electron chi connectivity index (χ3n) is 2.89. The van der Waals surface area contributed by atoms with E-state index in [0.29, 0.717) is 0 Å². The van der Waals surface area contributed by atoms with Gasteiger partial charge in [-0.1, -0.05) is 0 Å². The second kappa shape index (κ2) is 4.11. The van der Waals surface area contributed by atoms with E-state index in [0.717, 1.165) is 32.1 Å². The highest BCUT2D eigenvalue weighted by atomic mass is 15.2. The van der Waals surface area contributed by atoms with Crippen LogP contribution in [0.5, 0.6) is 0 Å². The summed E-state index contributed by atoms with van der Waals surface area (Å²) >= 11 is 0. The van der Waals surface area contributed by atoms with Gasteiger partial charge in [-0.25, -0.2) is 0 Å². The highest BCUT2D eigenvalue weighted by molar-refractivity contribution is 5.04. The van der Waals surface area contributed by atoms with Crippen LogP contribution in [0, 0.1) is 0 Å². The largest absolute Gasteiger partial charge is 0.314 e. The Bertz CT molecular complexity index is 290. The van der Waals surface area contributed by atoms with Crippen LogP contribution in [0.4, 0.5) is 0 Å². The van der Waals surface area contributed by atoms with Crippen molar-refractivity contribution >= 4 is 0 Å². The molecule has 1 N–H and O–H groups in total. The minimum atomic E-state index is 0.742. The fourth-order valence-corrected chi connectivity index (χ4v) is 1.67. The molecule has 1 saturated heterocycles. The van der Waals surface area contributed by atoms with Gasteiger partial charge in [-0.2, -0.15) is 5.10 Å². The van der Waals surface area contributed by atoms with E-state index in [1.807, 2.05) is 17.9 Å². The fourth-order valence-electron chi connectivity index (χ4n) is 1.67. The average Bonchev–Trinajstić information content (AvgIpc) is 2.45. The van der Waals surface area contributed by atoms with Gasteiger partial charge in [0, 0.05) is 38.9 Å². The van der Waals surface area contributed by atoms with Gasteiger partial charge in [0.05, 0.1) is 6.20 Å². The summed E-state index contributed by atoms with van der Waals surface area (Å²) in [5, 5.41) is 7.45. The molecule has 1 aliphatic rings. The molecule has 1 aromatic rings. The van der Waals surface area contributed by atoms with E-state index in [2.05, 4.69) is 28.6 Å². The first-order valence-corrected chi connectivity index (χ1v) is 5.14. The predicted octanol–water partition coefficient (Wildman–Crippen LogP) is -0.134. The standard InChI is InChI=1S/C10H18N4/c1-13(10-6-11-7-10)4-3-9-5-12-14(2)8-9/h5,8,10-11H,3-4,6-7H2,1-2H3. The Hall–Kier alpha value is -0.870. The van der Waals surface area contributed by atoms with Crippen LogP contribution in [0.2, 0.25) is 0 Å². The monoisotopic (exact) mass is 194 g/mol. The van der Waals surface area contributed by atoms with Gasteiger partial charge in [-0.3, -0.25) is 4.68 Å². The molecular weight excluding hydrogens is 176 g/mol. The minimum Gasteiger partial charge on any atom is -0.314 e. The van der Waals surface area contributed by atoms with E-state index >= 15 is 0 Å². The van der Waals surface area contributed by atoms with E-state index in [-0.39, 0.29) is 0 Å². The molecule has 0 unspecified atom stereocenters. The molecule has 78 valence electrons. The van der Waals surface area contributed by atoms with Crippen LogP contribution < -0.4 is 5.32 Å². The van der Waals surface area contributed by atoms with Crippen molar-refractivity contribution in [3.8, 4) is 0 Å². The molecule has 1 fully saturated rings. The summed E-state index contributed by atoms with van der Waals surface area (Å²) in [7, 11) is 4.16. The maximum atomic E-state index is 4.16. The average molecular weight is 194 g/mol. The van der Waals surface area contributed by atoms with Crippen molar-refractivity contribution in [2.75, 3.05) is 26.7 Å². The Morgan fingerprint density at radius 3 is 2.93 bits per heavy atom. The topological polar surface area (TPSA) is 33.1 Å². The molecule has 0 aromatic carbocycles. The van der Waals surface area contributed by atoms with Crippen LogP contribution >= 0.6 is 0 Å². The first kappa shape index (κ1) is 9.68. The second-order valence-corrected chi connectivity index (χ2v) is 4.06. The summed E-state index contributed by atoms with van der Waals surface area (Å²) in [5.74, 6) is 0. The van der Waals surface area contributed by atoms with E-state index in [4.69, 9.17) is 0 Å². The fraction of sp³-hybridized carbons (Fsp3) is 0.700. The molecule has 2 heterocycles.